The molecular weight excluding hydrogens is 278 g/mol. The molecule has 21 heavy (non-hydrogen) atoms. The molecule has 1 saturated heterocycles. The summed E-state index contributed by atoms with van der Waals surface area (Å²) in [6.07, 6.45) is 2.04. The van der Waals surface area contributed by atoms with Gasteiger partial charge in [-0.15, -0.1) is 0 Å². The average molecular weight is 298 g/mol. The summed E-state index contributed by atoms with van der Waals surface area (Å²) in [6.45, 7) is 2.09. The molecule has 1 fully saturated rings. The van der Waals surface area contributed by atoms with E-state index in [0.717, 1.165) is 19.4 Å². The zero-order chi connectivity index (χ0) is 15.5. The lowest BCUT2D eigenvalue weighted by molar-refractivity contribution is -0.121. The SMILES string of the molecule is CC1(C)CCCNC1C(=O)Nc1ccc(OC(F)F)cc1. The van der Waals surface area contributed by atoms with Gasteiger partial charge in [-0.2, -0.15) is 8.78 Å². The van der Waals surface area contributed by atoms with Crippen molar-refractivity contribution in [3.8, 4) is 5.75 Å². The highest BCUT2D eigenvalue weighted by Crippen LogP contribution is 2.30. The number of carbonyl (C=O) groups is 1. The molecule has 2 N–H and O–H groups in total. The maximum Gasteiger partial charge on any atom is 0.387 e. The number of benzene rings is 1. The molecule has 0 radical (unpaired) electrons. The van der Waals surface area contributed by atoms with Gasteiger partial charge in [-0.1, -0.05) is 13.8 Å². The van der Waals surface area contributed by atoms with Gasteiger partial charge in [0.05, 0.1) is 6.04 Å². The van der Waals surface area contributed by atoms with Gasteiger partial charge in [0, 0.05) is 5.69 Å². The normalized spacial score (nSPS) is 21.1. The van der Waals surface area contributed by atoms with E-state index in [4.69, 9.17) is 0 Å². The van der Waals surface area contributed by atoms with Gasteiger partial charge >= 0.3 is 6.61 Å². The Labute approximate surface area is 122 Å². The van der Waals surface area contributed by atoms with E-state index in [9.17, 15) is 13.6 Å². The van der Waals surface area contributed by atoms with Crippen LogP contribution in [0.1, 0.15) is 26.7 Å². The lowest BCUT2D eigenvalue weighted by Gasteiger charge is -2.38. The minimum absolute atomic E-state index is 0.0686. The first kappa shape index (κ1) is 15.7. The van der Waals surface area contributed by atoms with Crippen LogP contribution in [0.2, 0.25) is 0 Å². The van der Waals surface area contributed by atoms with E-state index in [1.54, 1.807) is 12.1 Å². The Hall–Kier alpha value is -1.69. The maximum atomic E-state index is 12.3. The summed E-state index contributed by atoms with van der Waals surface area (Å²) in [7, 11) is 0. The number of halogens is 2. The number of alkyl halides is 2. The van der Waals surface area contributed by atoms with Crippen molar-refractivity contribution in [2.45, 2.75) is 39.3 Å². The second-order valence-electron chi connectivity index (χ2n) is 5.87. The molecule has 0 saturated carbocycles. The van der Waals surface area contributed by atoms with Crippen molar-refractivity contribution in [3.05, 3.63) is 24.3 Å². The molecule has 1 atom stereocenters. The fourth-order valence-electron chi connectivity index (χ4n) is 2.59. The molecule has 1 heterocycles. The molecule has 0 bridgehead atoms. The molecule has 0 spiro atoms. The summed E-state index contributed by atoms with van der Waals surface area (Å²) in [4.78, 5) is 12.3. The lowest BCUT2D eigenvalue weighted by atomic mass is 9.77. The van der Waals surface area contributed by atoms with Crippen LogP contribution in [0.3, 0.4) is 0 Å². The Balaban J connectivity index is 1.99. The summed E-state index contributed by atoms with van der Waals surface area (Å²) < 4.78 is 28.4. The smallest absolute Gasteiger partial charge is 0.387 e. The third-order valence-electron chi connectivity index (χ3n) is 3.74. The fraction of sp³-hybridized carbons (Fsp3) is 0.533. The number of amides is 1. The summed E-state index contributed by atoms with van der Waals surface area (Å²) in [6, 6.07) is 5.64. The predicted octanol–water partition coefficient (Wildman–Crippen LogP) is 3.00. The number of ether oxygens (including phenoxy) is 1. The first-order valence-electron chi connectivity index (χ1n) is 6.97. The monoisotopic (exact) mass is 298 g/mol. The standard InChI is InChI=1S/C15H20F2N2O2/c1-15(2)8-3-9-18-12(15)13(20)19-10-4-6-11(7-5-10)21-14(16)17/h4-7,12,14,18H,3,8-9H2,1-2H3,(H,19,20). The highest BCUT2D eigenvalue weighted by molar-refractivity contribution is 5.95. The Bertz CT molecular complexity index is 489. The fourth-order valence-corrected chi connectivity index (χ4v) is 2.59. The van der Waals surface area contributed by atoms with Crippen LogP contribution >= 0.6 is 0 Å². The topological polar surface area (TPSA) is 50.4 Å². The van der Waals surface area contributed by atoms with Crippen LogP contribution in [-0.2, 0) is 4.79 Å². The third-order valence-corrected chi connectivity index (χ3v) is 3.74. The van der Waals surface area contributed by atoms with Crippen LogP contribution in [0.4, 0.5) is 14.5 Å². The van der Waals surface area contributed by atoms with E-state index >= 15 is 0 Å². The van der Waals surface area contributed by atoms with E-state index in [0.29, 0.717) is 5.69 Å². The Morgan fingerprint density at radius 1 is 1.38 bits per heavy atom. The van der Waals surface area contributed by atoms with E-state index < -0.39 is 6.61 Å². The van der Waals surface area contributed by atoms with Crippen molar-refractivity contribution < 1.29 is 18.3 Å². The zero-order valence-corrected chi connectivity index (χ0v) is 12.2. The molecule has 2 rings (SSSR count). The molecule has 1 aromatic rings. The largest absolute Gasteiger partial charge is 0.435 e. The second kappa shape index (κ2) is 6.39. The quantitative estimate of drug-likeness (QED) is 0.898. The number of anilines is 1. The van der Waals surface area contributed by atoms with Crippen LogP contribution in [0, 0.1) is 5.41 Å². The first-order chi connectivity index (χ1) is 9.88. The van der Waals surface area contributed by atoms with Gasteiger partial charge in [-0.05, 0) is 49.1 Å². The van der Waals surface area contributed by atoms with E-state index in [1.807, 2.05) is 0 Å². The summed E-state index contributed by atoms with van der Waals surface area (Å²) in [5.74, 6) is -0.0404. The molecule has 0 aromatic heterocycles. The first-order valence-corrected chi connectivity index (χ1v) is 6.97. The molecule has 1 unspecified atom stereocenters. The van der Waals surface area contributed by atoms with E-state index in [2.05, 4.69) is 29.2 Å². The lowest BCUT2D eigenvalue weighted by Crippen LogP contribution is -2.53. The number of nitrogens with one attached hydrogen (secondary N) is 2. The Kier molecular flexibility index (Phi) is 4.77. The van der Waals surface area contributed by atoms with Gasteiger partial charge in [0.15, 0.2) is 0 Å². The number of carbonyl (C=O) groups excluding carboxylic acids is 1. The van der Waals surface area contributed by atoms with Gasteiger partial charge in [0.2, 0.25) is 5.91 Å². The van der Waals surface area contributed by atoms with Gasteiger partial charge in [0.25, 0.3) is 0 Å². The molecule has 1 aliphatic rings. The molecule has 4 nitrogen and oxygen atoms in total. The Morgan fingerprint density at radius 2 is 2.05 bits per heavy atom. The van der Waals surface area contributed by atoms with Gasteiger partial charge in [0.1, 0.15) is 5.75 Å². The minimum atomic E-state index is -2.85. The van der Waals surface area contributed by atoms with Gasteiger partial charge in [-0.25, -0.2) is 0 Å². The number of piperidine rings is 1. The van der Waals surface area contributed by atoms with Crippen molar-refractivity contribution >= 4 is 11.6 Å². The van der Waals surface area contributed by atoms with Crippen LogP contribution in [-0.4, -0.2) is 25.1 Å². The van der Waals surface area contributed by atoms with Crippen LogP contribution in [0.15, 0.2) is 24.3 Å². The molecule has 1 aliphatic heterocycles. The van der Waals surface area contributed by atoms with E-state index in [-0.39, 0.29) is 23.1 Å². The molecule has 0 aliphatic carbocycles. The molecule has 1 aromatic carbocycles. The summed E-state index contributed by atoms with van der Waals surface area (Å²) in [5, 5.41) is 6.03. The maximum absolute atomic E-state index is 12.3. The van der Waals surface area contributed by atoms with Gasteiger partial charge < -0.3 is 15.4 Å². The van der Waals surface area contributed by atoms with Crippen molar-refractivity contribution in [1.29, 1.82) is 0 Å². The van der Waals surface area contributed by atoms with Gasteiger partial charge in [-0.3, -0.25) is 4.79 Å². The van der Waals surface area contributed by atoms with Crippen molar-refractivity contribution in [2.75, 3.05) is 11.9 Å². The predicted molar refractivity (Wildman–Crippen MR) is 76.5 cm³/mol. The van der Waals surface area contributed by atoms with Crippen LogP contribution in [0.25, 0.3) is 0 Å². The highest BCUT2D eigenvalue weighted by atomic mass is 19.3. The van der Waals surface area contributed by atoms with Crippen molar-refractivity contribution in [3.63, 3.8) is 0 Å². The van der Waals surface area contributed by atoms with Crippen LogP contribution < -0.4 is 15.4 Å². The number of rotatable bonds is 4. The third kappa shape index (κ3) is 4.14. The molecule has 6 heteroatoms. The molecular formula is C15H20F2N2O2. The van der Waals surface area contributed by atoms with Crippen molar-refractivity contribution in [1.82, 2.24) is 5.32 Å². The summed E-state index contributed by atoms with van der Waals surface area (Å²) >= 11 is 0. The molecule has 116 valence electrons. The number of hydrogen-bond donors (Lipinski definition) is 2. The van der Waals surface area contributed by atoms with Crippen molar-refractivity contribution in [2.24, 2.45) is 5.41 Å². The number of hydrogen-bond acceptors (Lipinski definition) is 3. The Morgan fingerprint density at radius 3 is 2.62 bits per heavy atom. The molecule has 1 amide bonds. The minimum Gasteiger partial charge on any atom is -0.435 e. The zero-order valence-electron chi connectivity index (χ0n) is 12.2. The van der Waals surface area contributed by atoms with E-state index in [1.165, 1.54) is 12.1 Å². The average Bonchev–Trinajstić information content (AvgIpc) is 2.39. The highest BCUT2D eigenvalue weighted by Gasteiger charge is 2.36. The van der Waals surface area contributed by atoms with Crippen LogP contribution in [0.5, 0.6) is 5.75 Å². The summed E-state index contributed by atoms with van der Waals surface area (Å²) in [5.41, 5.74) is 0.450. The second-order valence-corrected chi connectivity index (χ2v) is 5.87.